The molecule has 6 nitrogen and oxygen atoms in total. The molecule has 0 radical (unpaired) electrons. The third-order valence-electron chi connectivity index (χ3n) is 4.23. The van der Waals surface area contributed by atoms with Gasteiger partial charge in [-0.25, -0.2) is 0 Å². The van der Waals surface area contributed by atoms with Gasteiger partial charge in [0.1, 0.15) is 5.54 Å². The second-order valence-corrected chi connectivity index (χ2v) is 7.08. The molecule has 1 fully saturated rings. The van der Waals surface area contributed by atoms with Gasteiger partial charge in [-0.2, -0.15) is 0 Å². The van der Waals surface area contributed by atoms with E-state index in [0.29, 0.717) is 13.2 Å². The molecule has 1 heterocycles. The number of nitrogens with one attached hydrogen (secondary N) is 2. The Labute approximate surface area is 149 Å². The molecule has 0 aromatic heterocycles. The molecule has 1 aliphatic rings. The van der Waals surface area contributed by atoms with Gasteiger partial charge in [-0.05, 0) is 25.8 Å². The van der Waals surface area contributed by atoms with Crippen LogP contribution in [0.1, 0.15) is 32.8 Å². The van der Waals surface area contributed by atoms with Crippen molar-refractivity contribution in [2.24, 2.45) is 0 Å². The zero-order chi connectivity index (χ0) is 18.3. The van der Waals surface area contributed by atoms with Crippen molar-refractivity contribution >= 4 is 11.8 Å². The van der Waals surface area contributed by atoms with E-state index in [1.807, 2.05) is 18.2 Å². The van der Waals surface area contributed by atoms with Gasteiger partial charge in [-0.3, -0.25) is 14.5 Å². The van der Waals surface area contributed by atoms with Crippen molar-refractivity contribution in [1.29, 1.82) is 0 Å². The molecule has 1 aliphatic heterocycles. The molecule has 0 bridgehead atoms. The monoisotopic (exact) mass is 347 g/mol. The molecule has 6 heteroatoms. The second-order valence-electron chi connectivity index (χ2n) is 7.08. The summed E-state index contributed by atoms with van der Waals surface area (Å²) in [6.45, 7) is 8.57. The molecule has 138 valence electrons. The van der Waals surface area contributed by atoms with Crippen LogP contribution in [0.5, 0.6) is 0 Å². The first-order valence-corrected chi connectivity index (χ1v) is 8.82. The minimum atomic E-state index is -0.930. The van der Waals surface area contributed by atoms with E-state index in [9.17, 15) is 9.59 Å². The number of carbonyl (C=O) groups is 2. The van der Waals surface area contributed by atoms with Crippen LogP contribution < -0.4 is 10.6 Å². The molecule has 1 saturated heterocycles. The molecule has 2 N–H and O–H groups in total. The van der Waals surface area contributed by atoms with E-state index >= 15 is 0 Å². The number of carbonyl (C=O) groups excluding carboxylic acids is 2. The van der Waals surface area contributed by atoms with Gasteiger partial charge in [0.2, 0.25) is 11.8 Å². The highest BCUT2D eigenvalue weighted by atomic mass is 16.5. The van der Waals surface area contributed by atoms with Crippen LogP contribution in [0.25, 0.3) is 0 Å². The molecule has 1 aromatic carbocycles. The Hall–Kier alpha value is -1.92. The lowest BCUT2D eigenvalue weighted by Crippen LogP contribution is -2.55. The summed E-state index contributed by atoms with van der Waals surface area (Å²) in [7, 11) is 0. The number of nitrogens with zero attached hydrogens (tertiary/aromatic N) is 1. The van der Waals surface area contributed by atoms with Gasteiger partial charge in [0.25, 0.3) is 0 Å². The first kappa shape index (κ1) is 19.4. The Bertz CT molecular complexity index is 575. The summed E-state index contributed by atoms with van der Waals surface area (Å²) < 4.78 is 5.87. The SMILES string of the molecule is CC(=O)NC(C)(C)C(=O)NCC1CN(Cc2ccccc2)CCCO1. The smallest absolute Gasteiger partial charge is 0.245 e. The standard InChI is InChI=1S/C19H29N3O3/c1-15(23)21-19(2,3)18(24)20-12-17-14-22(10-7-11-25-17)13-16-8-5-4-6-9-16/h4-6,8-9,17H,7,10-14H2,1-3H3,(H,20,24)(H,21,23). The molecule has 0 spiro atoms. The molecule has 25 heavy (non-hydrogen) atoms. The largest absolute Gasteiger partial charge is 0.375 e. The lowest BCUT2D eigenvalue weighted by molar-refractivity contribution is -0.132. The Balaban J connectivity index is 1.86. The van der Waals surface area contributed by atoms with E-state index in [4.69, 9.17) is 4.74 Å². The van der Waals surface area contributed by atoms with Gasteiger partial charge in [-0.15, -0.1) is 0 Å². The number of rotatable bonds is 6. The van der Waals surface area contributed by atoms with Crippen molar-refractivity contribution in [2.75, 3.05) is 26.2 Å². The Morgan fingerprint density at radius 2 is 2.00 bits per heavy atom. The van der Waals surface area contributed by atoms with E-state index < -0.39 is 5.54 Å². The lowest BCUT2D eigenvalue weighted by atomic mass is 10.0. The summed E-state index contributed by atoms with van der Waals surface area (Å²) in [5.41, 5.74) is 0.347. The molecule has 1 aromatic rings. The van der Waals surface area contributed by atoms with E-state index in [0.717, 1.165) is 26.1 Å². The number of hydrogen-bond donors (Lipinski definition) is 2. The highest BCUT2D eigenvalue weighted by Crippen LogP contribution is 2.11. The molecule has 0 aliphatic carbocycles. The molecule has 2 rings (SSSR count). The minimum Gasteiger partial charge on any atom is -0.375 e. The summed E-state index contributed by atoms with van der Waals surface area (Å²) in [5, 5.41) is 5.56. The van der Waals surface area contributed by atoms with Crippen molar-refractivity contribution in [3.63, 3.8) is 0 Å². The van der Waals surface area contributed by atoms with Gasteiger partial charge < -0.3 is 15.4 Å². The third-order valence-corrected chi connectivity index (χ3v) is 4.23. The summed E-state index contributed by atoms with van der Waals surface area (Å²) in [5.74, 6) is -0.426. The fourth-order valence-electron chi connectivity index (χ4n) is 3.00. The predicted octanol–water partition coefficient (Wildman–Crippen LogP) is 1.31. The number of ether oxygens (including phenoxy) is 1. The highest BCUT2D eigenvalue weighted by Gasteiger charge is 2.29. The maximum Gasteiger partial charge on any atom is 0.245 e. The molecule has 1 atom stereocenters. The minimum absolute atomic E-state index is 0.0525. The average molecular weight is 347 g/mol. The maximum absolute atomic E-state index is 12.3. The second kappa shape index (κ2) is 8.97. The zero-order valence-electron chi connectivity index (χ0n) is 15.4. The van der Waals surface area contributed by atoms with Crippen LogP contribution in [-0.2, 0) is 20.9 Å². The first-order valence-electron chi connectivity index (χ1n) is 8.82. The lowest BCUT2D eigenvalue weighted by Gasteiger charge is -2.27. The predicted molar refractivity (Wildman–Crippen MR) is 97.0 cm³/mol. The van der Waals surface area contributed by atoms with Crippen LogP contribution >= 0.6 is 0 Å². The zero-order valence-corrected chi connectivity index (χ0v) is 15.4. The van der Waals surface area contributed by atoms with Crippen LogP contribution in [0.4, 0.5) is 0 Å². The van der Waals surface area contributed by atoms with E-state index in [1.165, 1.54) is 12.5 Å². The fraction of sp³-hybridized carbons (Fsp3) is 0.579. The Morgan fingerprint density at radius 3 is 2.68 bits per heavy atom. The third kappa shape index (κ3) is 6.48. The maximum atomic E-state index is 12.3. The van der Waals surface area contributed by atoms with Crippen LogP contribution in [0.3, 0.4) is 0 Å². The van der Waals surface area contributed by atoms with Crippen LogP contribution in [-0.4, -0.2) is 54.6 Å². The summed E-state index contributed by atoms with van der Waals surface area (Å²) >= 11 is 0. The fourth-order valence-corrected chi connectivity index (χ4v) is 3.00. The highest BCUT2D eigenvalue weighted by molar-refractivity contribution is 5.90. The van der Waals surface area contributed by atoms with Crippen molar-refractivity contribution in [3.05, 3.63) is 35.9 Å². The normalized spacial score (nSPS) is 19.1. The van der Waals surface area contributed by atoms with Gasteiger partial charge >= 0.3 is 0 Å². The summed E-state index contributed by atoms with van der Waals surface area (Å²) in [6.07, 6.45) is 0.928. The van der Waals surface area contributed by atoms with Crippen LogP contribution in [0, 0.1) is 0 Å². The topological polar surface area (TPSA) is 70.7 Å². The molecule has 1 unspecified atom stereocenters. The van der Waals surface area contributed by atoms with Gasteiger partial charge in [0, 0.05) is 39.7 Å². The summed E-state index contributed by atoms with van der Waals surface area (Å²) in [4.78, 5) is 25.9. The quantitative estimate of drug-likeness (QED) is 0.814. The van der Waals surface area contributed by atoms with Crippen LogP contribution in [0.2, 0.25) is 0 Å². The van der Waals surface area contributed by atoms with Gasteiger partial charge in [0.15, 0.2) is 0 Å². The first-order chi connectivity index (χ1) is 11.9. The van der Waals surface area contributed by atoms with E-state index in [-0.39, 0.29) is 17.9 Å². The molecular formula is C19H29N3O3. The van der Waals surface area contributed by atoms with Crippen molar-refractivity contribution in [2.45, 2.75) is 45.4 Å². The van der Waals surface area contributed by atoms with Gasteiger partial charge in [0.05, 0.1) is 6.10 Å². The molecular weight excluding hydrogens is 318 g/mol. The number of benzene rings is 1. The van der Waals surface area contributed by atoms with Crippen molar-refractivity contribution in [3.8, 4) is 0 Å². The van der Waals surface area contributed by atoms with E-state index in [1.54, 1.807) is 13.8 Å². The Morgan fingerprint density at radius 1 is 1.28 bits per heavy atom. The van der Waals surface area contributed by atoms with Crippen molar-refractivity contribution < 1.29 is 14.3 Å². The van der Waals surface area contributed by atoms with Crippen LogP contribution in [0.15, 0.2) is 30.3 Å². The number of hydrogen-bond acceptors (Lipinski definition) is 4. The summed E-state index contributed by atoms with van der Waals surface area (Å²) in [6, 6.07) is 10.4. The molecule has 0 saturated carbocycles. The van der Waals surface area contributed by atoms with E-state index in [2.05, 4.69) is 27.7 Å². The average Bonchev–Trinajstić information content (AvgIpc) is 2.77. The molecule has 2 amide bonds. The van der Waals surface area contributed by atoms with Gasteiger partial charge in [-0.1, -0.05) is 30.3 Å². The van der Waals surface area contributed by atoms with Crippen molar-refractivity contribution in [1.82, 2.24) is 15.5 Å². The Kier molecular flexibility index (Phi) is 6.96. The number of amides is 2.